The molecule has 2 aliphatic rings. The van der Waals surface area contributed by atoms with Crippen molar-refractivity contribution in [3.63, 3.8) is 0 Å². The quantitative estimate of drug-likeness (QED) is 0.546. The molecule has 0 aromatic heterocycles. The first-order valence-corrected chi connectivity index (χ1v) is 7.32. The minimum Gasteiger partial charge on any atom is -0.247 e. The van der Waals surface area contributed by atoms with Gasteiger partial charge in [0.15, 0.2) is 0 Å². The van der Waals surface area contributed by atoms with E-state index >= 15 is 0 Å². The molecule has 5 atom stereocenters. The number of alkyl halides is 1. The first-order chi connectivity index (χ1) is 7.68. The predicted molar refractivity (Wildman–Crippen MR) is 67.1 cm³/mol. The van der Waals surface area contributed by atoms with Crippen LogP contribution in [-0.2, 0) is 0 Å². The number of fused-ring (bicyclic) bond motifs is 1. The fourth-order valence-corrected chi connectivity index (χ4v) is 4.13. The first-order valence-electron chi connectivity index (χ1n) is 7.32. The van der Waals surface area contributed by atoms with E-state index in [2.05, 4.69) is 13.8 Å². The van der Waals surface area contributed by atoms with E-state index < -0.39 is 6.17 Å². The lowest BCUT2D eigenvalue weighted by Crippen LogP contribution is -2.23. The van der Waals surface area contributed by atoms with Crippen molar-refractivity contribution in [2.24, 2.45) is 23.7 Å². The Balaban J connectivity index is 2.01. The Labute approximate surface area is 100 Å². The van der Waals surface area contributed by atoms with Gasteiger partial charge in [-0.1, -0.05) is 39.5 Å². The van der Waals surface area contributed by atoms with Crippen LogP contribution >= 0.6 is 0 Å². The Morgan fingerprint density at radius 3 is 2.25 bits per heavy atom. The maximum atomic E-state index is 13.7. The molecule has 2 aliphatic carbocycles. The molecule has 2 rings (SSSR count). The lowest BCUT2D eigenvalue weighted by atomic mass is 9.76. The number of hydrogen-bond acceptors (Lipinski definition) is 0. The maximum absolute atomic E-state index is 13.7. The molecule has 0 heterocycles. The van der Waals surface area contributed by atoms with Gasteiger partial charge in [0.05, 0.1) is 0 Å². The van der Waals surface area contributed by atoms with E-state index in [1.165, 1.54) is 32.1 Å². The maximum Gasteiger partial charge on any atom is 0.100 e. The Hall–Kier alpha value is -0.0700. The van der Waals surface area contributed by atoms with Crippen molar-refractivity contribution in [2.45, 2.75) is 71.4 Å². The zero-order valence-electron chi connectivity index (χ0n) is 10.9. The van der Waals surface area contributed by atoms with Gasteiger partial charge in [0.25, 0.3) is 0 Å². The van der Waals surface area contributed by atoms with Crippen molar-refractivity contribution in [1.29, 1.82) is 0 Å². The van der Waals surface area contributed by atoms with E-state index in [4.69, 9.17) is 0 Å². The van der Waals surface area contributed by atoms with E-state index in [0.29, 0.717) is 5.92 Å². The summed E-state index contributed by atoms with van der Waals surface area (Å²) in [6.45, 7) is 4.71. The zero-order chi connectivity index (χ0) is 11.5. The van der Waals surface area contributed by atoms with Crippen LogP contribution in [0.15, 0.2) is 0 Å². The first kappa shape index (κ1) is 12.4. The van der Waals surface area contributed by atoms with Gasteiger partial charge in [0.1, 0.15) is 6.17 Å². The highest BCUT2D eigenvalue weighted by atomic mass is 19.1. The van der Waals surface area contributed by atoms with Gasteiger partial charge < -0.3 is 0 Å². The molecule has 0 N–H and O–H groups in total. The molecular formula is C15H27F. The largest absolute Gasteiger partial charge is 0.247 e. The molecule has 5 unspecified atom stereocenters. The van der Waals surface area contributed by atoms with Crippen molar-refractivity contribution >= 4 is 0 Å². The second-order valence-electron chi connectivity index (χ2n) is 6.33. The summed E-state index contributed by atoms with van der Waals surface area (Å²) in [5, 5.41) is 0. The summed E-state index contributed by atoms with van der Waals surface area (Å²) in [5.74, 6) is 3.24. The average Bonchev–Trinajstić information content (AvgIpc) is 2.59. The summed E-state index contributed by atoms with van der Waals surface area (Å²) < 4.78 is 13.7. The third-order valence-corrected chi connectivity index (χ3v) is 5.15. The third kappa shape index (κ3) is 2.78. The van der Waals surface area contributed by atoms with Crippen LogP contribution in [0.4, 0.5) is 4.39 Å². The lowest BCUT2D eigenvalue weighted by Gasteiger charge is -2.30. The number of hydrogen-bond donors (Lipinski definition) is 0. The molecule has 0 aromatic rings. The Morgan fingerprint density at radius 2 is 1.44 bits per heavy atom. The summed E-state index contributed by atoms with van der Waals surface area (Å²) in [6, 6.07) is 0. The van der Waals surface area contributed by atoms with E-state index in [9.17, 15) is 4.39 Å². The normalized spacial score (nSPS) is 46.3. The monoisotopic (exact) mass is 226 g/mol. The summed E-state index contributed by atoms with van der Waals surface area (Å²) >= 11 is 0. The topological polar surface area (TPSA) is 0 Å². The molecule has 16 heavy (non-hydrogen) atoms. The minimum atomic E-state index is -0.523. The Kier molecular flexibility index (Phi) is 4.27. The van der Waals surface area contributed by atoms with Gasteiger partial charge in [-0.3, -0.25) is 0 Å². The van der Waals surface area contributed by atoms with Crippen LogP contribution in [-0.4, -0.2) is 6.17 Å². The van der Waals surface area contributed by atoms with Crippen molar-refractivity contribution in [3.8, 4) is 0 Å². The Bertz CT molecular complexity index is 213. The fraction of sp³-hybridized carbons (Fsp3) is 1.00. The van der Waals surface area contributed by atoms with Gasteiger partial charge >= 0.3 is 0 Å². The van der Waals surface area contributed by atoms with Crippen molar-refractivity contribution in [1.82, 2.24) is 0 Å². The molecule has 2 fully saturated rings. The minimum absolute atomic E-state index is 0.523. The molecule has 0 saturated heterocycles. The van der Waals surface area contributed by atoms with Crippen LogP contribution in [0.3, 0.4) is 0 Å². The molecule has 0 amide bonds. The van der Waals surface area contributed by atoms with Crippen LogP contribution in [0.1, 0.15) is 65.2 Å². The molecule has 0 aromatic carbocycles. The van der Waals surface area contributed by atoms with Gasteiger partial charge in [0, 0.05) is 0 Å². The van der Waals surface area contributed by atoms with Crippen LogP contribution < -0.4 is 0 Å². The smallest absolute Gasteiger partial charge is 0.100 e. The highest BCUT2D eigenvalue weighted by Gasteiger charge is 2.36. The molecule has 0 aliphatic heterocycles. The van der Waals surface area contributed by atoms with Crippen LogP contribution in [0.2, 0.25) is 0 Å². The fourth-order valence-electron chi connectivity index (χ4n) is 4.13. The standard InChI is InChI=1S/C15H27F/c1-11-8-9-15-12(2)10-13(16)6-4-3-5-7-14(11)15/h11-15H,3-10H2,1-2H3. The summed E-state index contributed by atoms with van der Waals surface area (Å²) in [5.41, 5.74) is 0. The summed E-state index contributed by atoms with van der Waals surface area (Å²) in [6.07, 6.45) is 8.98. The molecule has 94 valence electrons. The molecule has 0 spiro atoms. The Morgan fingerprint density at radius 1 is 0.750 bits per heavy atom. The van der Waals surface area contributed by atoms with E-state index in [1.54, 1.807) is 0 Å². The van der Waals surface area contributed by atoms with Crippen molar-refractivity contribution in [3.05, 3.63) is 0 Å². The molecular weight excluding hydrogens is 199 g/mol. The molecule has 1 heteroatoms. The highest BCUT2D eigenvalue weighted by Crippen LogP contribution is 2.45. The third-order valence-electron chi connectivity index (χ3n) is 5.15. The van der Waals surface area contributed by atoms with Gasteiger partial charge in [0.2, 0.25) is 0 Å². The number of rotatable bonds is 0. The van der Waals surface area contributed by atoms with Gasteiger partial charge in [-0.15, -0.1) is 0 Å². The molecule has 2 saturated carbocycles. The van der Waals surface area contributed by atoms with Crippen LogP contribution in [0.5, 0.6) is 0 Å². The summed E-state index contributed by atoms with van der Waals surface area (Å²) in [7, 11) is 0. The van der Waals surface area contributed by atoms with E-state index in [-0.39, 0.29) is 0 Å². The van der Waals surface area contributed by atoms with Crippen molar-refractivity contribution < 1.29 is 4.39 Å². The van der Waals surface area contributed by atoms with Crippen molar-refractivity contribution in [2.75, 3.05) is 0 Å². The second-order valence-corrected chi connectivity index (χ2v) is 6.33. The SMILES string of the molecule is CC1CCC2C(C)CC(F)CCCCCC12. The molecule has 0 radical (unpaired) electrons. The van der Waals surface area contributed by atoms with Gasteiger partial charge in [-0.2, -0.15) is 0 Å². The number of halogens is 1. The van der Waals surface area contributed by atoms with Crippen LogP contribution in [0.25, 0.3) is 0 Å². The zero-order valence-corrected chi connectivity index (χ0v) is 10.9. The lowest BCUT2D eigenvalue weighted by molar-refractivity contribution is 0.162. The second kappa shape index (κ2) is 5.51. The van der Waals surface area contributed by atoms with Crippen LogP contribution in [0, 0.1) is 23.7 Å². The molecule has 0 bridgehead atoms. The predicted octanol–water partition coefficient (Wildman–Crippen LogP) is 4.98. The molecule has 0 nitrogen and oxygen atoms in total. The van der Waals surface area contributed by atoms with E-state index in [1.807, 2.05) is 0 Å². The van der Waals surface area contributed by atoms with E-state index in [0.717, 1.165) is 37.0 Å². The highest BCUT2D eigenvalue weighted by molar-refractivity contribution is 4.86. The summed E-state index contributed by atoms with van der Waals surface area (Å²) in [4.78, 5) is 0. The van der Waals surface area contributed by atoms with Gasteiger partial charge in [-0.05, 0) is 49.4 Å². The van der Waals surface area contributed by atoms with Gasteiger partial charge in [-0.25, -0.2) is 4.39 Å². The average molecular weight is 226 g/mol.